The topological polar surface area (TPSA) is 81.4 Å². The molecule has 0 amide bonds. The van der Waals surface area contributed by atoms with E-state index in [1.807, 2.05) is 27.3 Å². The fourth-order valence-corrected chi connectivity index (χ4v) is 5.03. The third-order valence-corrected chi connectivity index (χ3v) is 7.15. The predicted octanol–water partition coefficient (Wildman–Crippen LogP) is 5.19. The van der Waals surface area contributed by atoms with Gasteiger partial charge in [-0.25, -0.2) is 4.79 Å². The highest BCUT2D eigenvalue weighted by molar-refractivity contribution is 7.09. The zero-order valence-electron chi connectivity index (χ0n) is 19.7. The van der Waals surface area contributed by atoms with Crippen LogP contribution < -0.4 is 5.69 Å². The van der Waals surface area contributed by atoms with Gasteiger partial charge in [0.2, 0.25) is 5.82 Å². The maximum atomic E-state index is 13.3. The van der Waals surface area contributed by atoms with Crippen LogP contribution in [0.5, 0.6) is 0 Å². The van der Waals surface area contributed by atoms with Crippen LogP contribution in [0.15, 0.2) is 77.0 Å². The number of aromatic amines is 1. The van der Waals surface area contributed by atoms with Crippen LogP contribution in [-0.4, -0.2) is 29.8 Å². The Labute approximate surface area is 208 Å². The number of thiophene rings is 1. The molecular formula is C27H28N6OS. The standard InChI is InChI=1S/C27H28N6OS/c1-2-3-7-22-19-32(16-15-23-8-6-17-35-23)27(34)33(22)18-20-11-13-21(14-12-20)24-9-4-5-10-25(24)26-28-30-31-29-26/h4-6,8-14,17,19H,2-3,7,15-16,18H2,1H3,(H,28,29,30,31). The Morgan fingerprint density at radius 3 is 2.51 bits per heavy atom. The second-order valence-corrected chi connectivity index (χ2v) is 9.63. The largest absolute Gasteiger partial charge is 0.328 e. The van der Waals surface area contributed by atoms with Gasteiger partial charge in [-0.15, -0.1) is 21.5 Å². The van der Waals surface area contributed by atoms with Crippen LogP contribution in [0.25, 0.3) is 22.5 Å². The van der Waals surface area contributed by atoms with Crippen molar-refractivity contribution in [3.63, 3.8) is 0 Å². The highest BCUT2D eigenvalue weighted by Crippen LogP contribution is 2.29. The summed E-state index contributed by atoms with van der Waals surface area (Å²) in [5.74, 6) is 0.570. The number of nitrogens with one attached hydrogen (secondary N) is 1. The lowest BCUT2D eigenvalue weighted by atomic mass is 9.98. The first-order valence-electron chi connectivity index (χ1n) is 12.0. The molecule has 8 heteroatoms. The third-order valence-electron chi connectivity index (χ3n) is 6.21. The summed E-state index contributed by atoms with van der Waals surface area (Å²) in [7, 11) is 0. The summed E-state index contributed by atoms with van der Waals surface area (Å²) in [6.45, 7) is 3.45. The van der Waals surface area contributed by atoms with Crippen molar-refractivity contribution in [1.29, 1.82) is 0 Å². The Kier molecular flexibility index (Phi) is 6.99. The van der Waals surface area contributed by atoms with Crippen molar-refractivity contribution in [3.05, 3.63) is 98.9 Å². The molecule has 0 bridgehead atoms. The van der Waals surface area contributed by atoms with Gasteiger partial charge in [0.15, 0.2) is 0 Å². The van der Waals surface area contributed by atoms with E-state index in [9.17, 15) is 4.79 Å². The van der Waals surface area contributed by atoms with Gasteiger partial charge in [-0.3, -0.25) is 9.13 Å². The van der Waals surface area contributed by atoms with Crippen molar-refractivity contribution in [2.24, 2.45) is 0 Å². The number of unbranched alkanes of at least 4 members (excludes halogenated alkanes) is 1. The molecule has 0 radical (unpaired) electrons. The van der Waals surface area contributed by atoms with Crippen LogP contribution in [0.4, 0.5) is 0 Å². The van der Waals surface area contributed by atoms with Crippen molar-refractivity contribution in [1.82, 2.24) is 29.8 Å². The van der Waals surface area contributed by atoms with Crippen molar-refractivity contribution in [3.8, 4) is 22.5 Å². The van der Waals surface area contributed by atoms with E-state index in [-0.39, 0.29) is 5.69 Å². The monoisotopic (exact) mass is 484 g/mol. The zero-order chi connectivity index (χ0) is 24.0. The molecule has 0 fully saturated rings. The molecule has 0 unspecified atom stereocenters. The molecule has 0 atom stereocenters. The van der Waals surface area contributed by atoms with Gasteiger partial charge in [0.05, 0.1) is 6.54 Å². The minimum Gasteiger partial charge on any atom is -0.299 e. The molecule has 0 spiro atoms. The summed E-state index contributed by atoms with van der Waals surface area (Å²) in [6.07, 6.45) is 6.02. The Morgan fingerprint density at radius 2 is 1.80 bits per heavy atom. The highest BCUT2D eigenvalue weighted by Gasteiger charge is 2.13. The summed E-state index contributed by atoms with van der Waals surface area (Å²) < 4.78 is 3.81. The van der Waals surface area contributed by atoms with Crippen molar-refractivity contribution < 1.29 is 0 Å². The molecule has 178 valence electrons. The molecule has 0 saturated heterocycles. The number of tetrazole rings is 1. The molecule has 0 saturated carbocycles. The number of H-pyrrole nitrogens is 1. The van der Waals surface area contributed by atoms with Gasteiger partial charge < -0.3 is 0 Å². The molecule has 7 nitrogen and oxygen atoms in total. The summed E-state index contributed by atoms with van der Waals surface area (Å²) in [5, 5.41) is 16.6. The molecule has 5 aromatic rings. The molecular weight excluding hydrogens is 456 g/mol. The molecule has 2 aromatic carbocycles. The van der Waals surface area contributed by atoms with E-state index in [1.54, 1.807) is 11.3 Å². The second kappa shape index (κ2) is 10.7. The van der Waals surface area contributed by atoms with Crippen molar-refractivity contribution >= 4 is 11.3 Å². The molecule has 1 N–H and O–H groups in total. The second-order valence-electron chi connectivity index (χ2n) is 8.59. The SMILES string of the molecule is CCCCc1cn(CCc2cccs2)c(=O)n1Cc1ccc(-c2ccccc2-c2nn[nH]n2)cc1. The Balaban J connectivity index is 1.39. The van der Waals surface area contributed by atoms with Crippen LogP contribution >= 0.6 is 11.3 Å². The van der Waals surface area contributed by atoms with E-state index in [0.717, 1.165) is 53.6 Å². The fraction of sp³-hybridized carbons (Fsp3) is 0.259. The smallest absolute Gasteiger partial charge is 0.299 e. The maximum absolute atomic E-state index is 13.3. The minimum absolute atomic E-state index is 0.0687. The maximum Gasteiger partial charge on any atom is 0.328 e. The van der Waals surface area contributed by atoms with E-state index < -0.39 is 0 Å². The number of benzene rings is 2. The molecule has 5 rings (SSSR count). The third kappa shape index (κ3) is 5.17. The first-order chi connectivity index (χ1) is 17.2. The molecule has 3 heterocycles. The Bertz CT molecular complexity index is 1420. The first-order valence-corrected chi connectivity index (χ1v) is 12.8. The van der Waals surface area contributed by atoms with Gasteiger partial charge in [-0.2, -0.15) is 5.21 Å². The Morgan fingerprint density at radius 1 is 0.971 bits per heavy atom. The summed E-state index contributed by atoms with van der Waals surface area (Å²) >= 11 is 1.74. The van der Waals surface area contributed by atoms with Crippen LogP contribution in [0, 0.1) is 0 Å². The first kappa shape index (κ1) is 23.0. The van der Waals surface area contributed by atoms with Crippen LogP contribution in [0.1, 0.15) is 35.9 Å². The van der Waals surface area contributed by atoms with E-state index in [4.69, 9.17) is 0 Å². The normalized spacial score (nSPS) is 11.2. The Hall–Kier alpha value is -3.78. The van der Waals surface area contributed by atoms with Gasteiger partial charge in [0.25, 0.3) is 0 Å². The number of hydrogen-bond acceptors (Lipinski definition) is 5. The average molecular weight is 485 g/mol. The van der Waals surface area contributed by atoms with Gasteiger partial charge in [-0.05, 0) is 52.6 Å². The molecule has 0 aliphatic heterocycles. The number of hydrogen-bond donors (Lipinski definition) is 1. The molecule has 0 aliphatic rings. The average Bonchev–Trinajstić information content (AvgIpc) is 3.66. The van der Waals surface area contributed by atoms with Gasteiger partial charge in [-0.1, -0.05) is 67.9 Å². The van der Waals surface area contributed by atoms with Crippen molar-refractivity contribution in [2.75, 3.05) is 0 Å². The van der Waals surface area contributed by atoms with E-state index >= 15 is 0 Å². The fourth-order valence-electron chi connectivity index (χ4n) is 4.33. The minimum atomic E-state index is 0.0687. The number of imidazole rings is 1. The van der Waals surface area contributed by atoms with Gasteiger partial charge in [0, 0.05) is 28.9 Å². The van der Waals surface area contributed by atoms with Gasteiger partial charge in [0.1, 0.15) is 0 Å². The summed E-state index contributed by atoms with van der Waals surface area (Å²) in [5.41, 5.74) is 5.31. The summed E-state index contributed by atoms with van der Waals surface area (Å²) in [4.78, 5) is 14.6. The van der Waals surface area contributed by atoms with E-state index in [1.165, 1.54) is 4.88 Å². The number of aryl methyl sites for hydroxylation is 3. The lowest BCUT2D eigenvalue weighted by Crippen LogP contribution is -2.26. The molecule has 3 aromatic heterocycles. The van der Waals surface area contributed by atoms with E-state index in [0.29, 0.717) is 18.9 Å². The van der Waals surface area contributed by atoms with Crippen LogP contribution in [0.3, 0.4) is 0 Å². The van der Waals surface area contributed by atoms with Crippen LogP contribution in [0.2, 0.25) is 0 Å². The lowest BCUT2D eigenvalue weighted by molar-refractivity contribution is 0.628. The highest BCUT2D eigenvalue weighted by atomic mass is 32.1. The van der Waals surface area contributed by atoms with E-state index in [2.05, 4.69) is 81.6 Å². The predicted molar refractivity (Wildman–Crippen MR) is 139 cm³/mol. The van der Waals surface area contributed by atoms with Gasteiger partial charge >= 0.3 is 5.69 Å². The number of aromatic nitrogens is 6. The quantitative estimate of drug-likeness (QED) is 0.296. The zero-order valence-corrected chi connectivity index (χ0v) is 20.5. The molecule has 35 heavy (non-hydrogen) atoms. The lowest BCUT2D eigenvalue weighted by Gasteiger charge is -2.10. The molecule has 0 aliphatic carbocycles. The summed E-state index contributed by atoms with van der Waals surface area (Å²) in [6, 6.07) is 20.6. The van der Waals surface area contributed by atoms with Crippen molar-refractivity contribution in [2.45, 2.75) is 45.7 Å². The van der Waals surface area contributed by atoms with Crippen LogP contribution in [-0.2, 0) is 25.9 Å². The number of rotatable bonds is 10. The number of nitrogens with zero attached hydrogens (tertiary/aromatic N) is 5.